The van der Waals surface area contributed by atoms with Crippen LogP contribution in [0.4, 0.5) is 9.59 Å². The van der Waals surface area contributed by atoms with Gasteiger partial charge in [0.1, 0.15) is 12.2 Å². The molecule has 2 aliphatic heterocycles. The van der Waals surface area contributed by atoms with Crippen LogP contribution in [-0.2, 0) is 14.2 Å². The average Bonchev–Trinajstić information content (AvgIpc) is 3.13. The Morgan fingerprint density at radius 3 is 2.11 bits per heavy atom. The number of hydrogen-bond donors (Lipinski definition) is 1. The van der Waals surface area contributed by atoms with Crippen LogP contribution < -0.4 is 5.32 Å². The maximum Gasteiger partial charge on any atom is 0.410 e. The molecule has 1 N–H and O–H groups in total. The number of nitrogens with one attached hydrogen (secondary N) is 1. The summed E-state index contributed by atoms with van der Waals surface area (Å²) in [6, 6.07) is 16.5. The van der Waals surface area contributed by atoms with E-state index in [2.05, 4.69) is 29.6 Å². The SMILES string of the molecule is CC(C)(C)OC(=O)N1C2COCC1CC(CNC(=O)OCC1c3ccccc3-c3ccccc31)C2. The summed E-state index contributed by atoms with van der Waals surface area (Å²) in [4.78, 5) is 27.2. The number of ether oxygens (including phenoxy) is 3. The molecule has 0 aromatic heterocycles. The van der Waals surface area contributed by atoms with Crippen molar-refractivity contribution in [3.63, 3.8) is 0 Å². The van der Waals surface area contributed by atoms with Gasteiger partial charge in [-0.3, -0.25) is 4.90 Å². The normalized spacial score (nSPS) is 23.3. The highest BCUT2D eigenvalue weighted by Gasteiger charge is 2.43. The zero-order chi connectivity index (χ0) is 24.6. The minimum Gasteiger partial charge on any atom is -0.449 e. The van der Waals surface area contributed by atoms with E-state index in [-0.39, 0.29) is 30.0 Å². The van der Waals surface area contributed by atoms with Crippen LogP contribution in [0.2, 0.25) is 0 Å². The van der Waals surface area contributed by atoms with Crippen molar-refractivity contribution < 1.29 is 23.8 Å². The van der Waals surface area contributed by atoms with Crippen molar-refractivity contribution in [1.82, 2.24) is 10.2 Å². The van der Waals surface area contributed by atoms with Gasteiger partial charge < -0.3 is 19.5 Å². The molecular weight excluding hydrogens is 444 g/mol. The lowest BCUT2D eigenvalue weighted by atomic mass is 9.85. The molecule has 2 amide bonds. The molecule has 2 aromatic rings. The van der Waals surface area contributed by atoms with Gasteiger partial charge in [-0.05, 0) is 61.8 Å². The lowest BCUT2D eigenvalue weighted by molar-refractivity contribution is -0.0892. The minimum atomic E-state index is -0.533. The summed E-state index contributed by atoms with van der Waals surface area (Å²) in [5.41, 5.74) is 4.28. The third-order valence-electron chi connectivity index (χ3n) is 7.10. The Morgan fingerprint density at radius 2 is 1.54 bits per heavy atom. The van der Waals surface area contributed by atoms with Crippen molar-refractivity contribution in [2.75, 3.05) is 26.4 Å². The Labute approximate surface area is 206 Å². The first-order chi connectivity index (χ1) is 16.8. The predicted molar refractivity (Wildman–Crippen MR) is 132 cm³/mol. The Bertz CT molecular complexity index is 1040. The number of benzene rings is 2. The number of nitrogens with zero attached hydrogens (tertiary/aromatic N) is 1. The molecule has 2 atom stereocenters. The van der Waals surface area contributed by atoms with Crippen molar-refractivity contribution in [3.8, 4) is 11.1 Å². The van der Waals surface area contributed by atoms with Gasteiger partial charge in [0.2, 0.25) is 0 Å². The summed E-state index contributed by atoms with van der Waals surface area (Å²) >= 11 is 0. The number of rotatable bonds is 4. The predicted octanol–water partition coefficient (Wildman–Crippen LogP) is 4.94. The lowest BCUT2D eigenvalue weighted by Crippen LogP contribution is -2.60. The van der Waals surface area contributed by atoms with Crippen molar-refractivity contribution >= 4 is 12.2 Å². The summed E-state index contributed by atoms with van der Waals surface area (Å²) in [7, 11) is 0. The smallest absolute Gasteiger partial charge is 0.410 e. The van der Waals surface area contributed by atoms with Crippen LogP contribution in [0.25, 0.3) is 11.1 Å². The molecule has 35 heavy (non-hydrogen) atoms. The van der Waals surface area contributed by atoms with Crippen molar-refractivity contribution in [2.24, 2.45) is 5.92 Å². The van der Waals surface area contributed by atoms with Gasteiger partial charge in [0.25, 0.3) is 0 Å². The van der Waals surface area contributed by atoms with E-state index in [1.54, 1.807) is 0 Å². The molecule has 0 saturated carbocycles. The van der Waals surface area contributed by atoms with E-state index in [9.17, 15) is 9.59 Å². The number of hydrogen-bond acceptors (Lipinski definition) is 5. The largest absolute Gasteiger partial charge is 0.449 e. The number of amides is 2. The molecule has 2 aromatic carbocycles. The summed E-state index contributed by atoms with van der Waals surface area (Å²) in [5, 5.41) is 2.96. The third kappa shape index (κ3) is 5.01. The van der Waals surface area contributed by atoms with Gasteiger partial charge in [-0.2, -0.15) is 0 Å². The highest BCUT2D eigenvalue weighted by Crippen LogP contribution is 2.44. The molecular formula is C28H34N2O5. The maximum atomic E-state index is 12.7. The fourth-order valence-electron chi connectivity index (χ4n) is 5.68. The standard InChI is InChI=1S/C28H34N2O5/c1-28(2,3)35-27(32)30-19-12-18(13-20(30)16-33-15-19)14-29-26(31)34-17-25-23-10-6-4-8-21(23)22-9-5-7-11-24(22)25/h4-11,18-20,25H,12-17H2,1-3H3,(H,29,31). The van der Waals surface area contributed by atoms with Gasteiger partial charge in [0, 0.05) is 12.5 Å². The van der Waals surface area contributed by atoms with Crippen LogP contribution in [0.3, 0.4) is 0 Å². The fraction of sp³-hybridized carbons (Fsp3) is 0.500. The van der Waals surface area contributed by atoms with Gasteiger partial charge in [0.15, 0.2) is 0 Å². The van der Waals surface area contributed by atoms with E-state index in [0.717, 1.165) is 12.8 Å². The topological polar surface area (TPSA) is 77.1 Å². The molecule has 7 heteroatoms. The summed E-state index contributed by atoms with van der Waals surface area (Å²) in [6.07, 6.45) is 0.847. The van der Waals surface area contributed by atoms with Crippen molar-refractivity contribution in [1.29, 1.82) is 0 Å². The van der Waals surface area contributed by atoms with E-state index < -0.39 is 11.7 Å². The van der Waals surface area contributed by atoms with E-state index in [4.69, 9.17) is 14.2 Å². The highest BCUT2D eigenvalue weighted by molar-refractivity contribution is 5.79. The van der Waals surface area contributed by atoms with Gasteiger partial charge in [-0.25, -0.2) is 9.59 Å². The zero-order valence-corrected chi connectivity index (χ0v) is 20.7. The molecule has 186 valence electrons. The second-order valence-corrected chi connectivity index (χ2v) is 10.8. The number of carbonyl (C=O) groups excluding carboxylic acids is 2. The number of fused-ring (bicyclic) bond motifs is 5. The second kappa shape index (κ2) is 9.53. The molecule has 5 rings (SSSR count). The first-order valence-electron chi connectivity index (χ1n) is 12.5. The van der Waals surface area contributed by atoms with Crippen molar-refractivity contribution in [2.45, 2.75) is 57.2 Å². The first-order valence-corrected chi connectivity index (χ1v) is 12.5. The number of alkyl carbamates (subject to hydrolysis) is 1. The van der Waals surface area contributed by atoms with Crippen LogP contribution in [0.1, 0.15) is 50.7 Å². The second-order valence-electron chi connectivity index (χ2n) is 10.8. The molecule has 7 nitrogen and oxygen atoms in total. The van der Waals surface area contributed by atoms with Gasteiger partial charge in [-0.1, -0.05) is 48.5 Å². The summed E-state index contributed by atoms with van der Waals surface area (Å²) < 4.78 is 17.0. The lowest BCUT2D eigenvalue weighted by Gasteiger charge is -2.48. The number of piperidine rings is 1. The van der Waals surface area contributed by atoms with Gasteiger partial charge in [0.05, 0.1) is 25.3 Å². The van der Waals surface area contributed by atoms with Crippen LogP contribution in [0.5, 0.6) is 0 Å². The number of carbonyl (C=O) groups is 2. The number of morpholine rings is 1. The molecule has 2 unspecified atom stereocenters. The maximum absolute atomic E-state index is 12.7. The van der Waals surface area contributed by atoms with E-state index in [0.29, 0.717) is 26.4 Å². The van der Waals surface area contributed by atoms with E-state index in [1.807, 2.05) is 49.9 Å². The highest BCUT2D eigenvalue weighted by atomic mass is 16.6. The van der Waals surface area contributed by atoms with E-state index in [1.165, 1.54) is 22.3 Å². The molecule has 2 saturated heterocycles. The Hall–Kier alpha value is -3.06. The molecule has 0 radical (unpaired) electrons. The summed E-state index contributed by atoms with van der Waals surface area (Å²) in [6.45, 7) is 7.45. The fourth-order valence-corrected chi connectivity index (χ4v) is 5.68. The first kappa shape index (κ1) is 23.7. The zero-order valence-electron chi connectivity index (χ0n) is 20.7. The quantitative estimate of drug-likeness (QED) is 0.674. The summed E-state index contributed by atoms with van der Waals surface area (Å²) in [5.74, 6) is 0.301. The minimum absolute atomic E-state index is 0.0355. The molecule has 3 aliphatic rings. The molecule has 2 bridgehead atoms. The van der Waals surface area contributed by atoms with Crippen LogP contribution >= 0.6 is 0 Å². The Morgan fingerprint density at radius 1 is 0.971 bits per heavy atom. The molecule has 0 spiro atoms. The molecule has 2 fully saturated rings. The Kier molecular flexibility index (Phi) is 6.45. The molecule has 2 heterocycles. The average molecular weight is 479 g/mol. The van der Waals surface area contributed by atoms with Crippen LogP contribution in [0, 0.1) is 5.92 Å². The monoisotopic (exact) mass is 478 g/mol. The van der Waals surface area contributed by atoms with Gasteiger partial charge in [-0.15, -0.1) is 0 Å². The van der Waals surface area contributed by atoms with E-state index >= 15 is 0 Å². The van der Waals surface area contributed by atoms with Crippen molar-refractivity contribution in [3.05, 3.63) is 59.7 Å². The van der Waals surface area contributed by atoms with Crippen LogP contribution in [-0.4, -0.2) is 61.1 Å². The Balaban J connectivity index is 1.15. The van der Waals surface area contributed by atoms with Crippen LogP contribution in [0.15, 0.2) is 48.5 Å². The molecule has 1 aliphatic carbocycles. The van der Waals surface area contributed by atoms with Gasteiger partial charge >= 0.3 is 12.2 Å². The third-order valence-corrected chi connectivity index (χ3v) is 7.10.